The van der Waals surface area contributed by atoms with Crippen LogP contribution in [0.4, 0.5) is 31.9 Å². The summed E-state index contributed by atoms with van der Waals surface area (Å²) in [6, 6.07) is 5.08. The summed E-state index contributed by atoms with van der Waals surface area (Å²) in [6.07, 6.45) is 1.25. The summed E-state index contributed by atoms with van der Waals surface area (Å²) >= 11 is 6.26. The van der Waals surface area contributed by atoms with Gasteiger partial charge in [-0.15, -0.1) is 0 Å². The Bertz CT molecular complexity index is 1400. The number of fused-ring (bicyclic) bond motifs is 3. The van der Waals surface area contributed by atoms with Crippen LogP contribution < -0.4 is 21.1 Å². The Labute approximate surface area is 203 Å². The summed E-state index contributed by atoms with van der Waals surface area (Å²) in [7, 11) is 1.56. The van der Waals surface area contributed by atoms with Crippen molar-refractivity contribution in [2.24, 2.45) is 7.05 Å². The van der Waals surface area contributed by atoms with Gasteiger partial charge in [-0.1, -0.05) is 11.6 Å². The lowest BCUT2D eigenvalue weighted by Crippen LogP contribution is -2.39. The molecule has 0 amide bonds. The molecule has 184 valence electrons. The average Bonchev–Trinajstić information content (AvgIpc) is 2.98. The van der Waals surface area contributed by atoms with Crippen molar-refractivity contribution in [3.63, 3.8) is 0 Å². The number of carbonyl (C=O) groups excluding carboxylic acids is 1. The number of pyridine rings is 1. The number of carbonyl (C=O) groups is 1. The highest BCUT2D eigenvalue weighted by Gasteiger charge is 2.29. The fraction of sp³-hybridized carbons (Fsp3) is 0.318. The summed E-state index contributed by atoms with van der Waals surface area (Å²) in [5.74, 6) is -3.94. The third-order valence-electron chi connectivity index (χ3n) is 5.31. The zero-order valence-electron chi connectivity index (χ0n) is 19.1. The molecule has 1 aliphatic heterocycles. The molecule has 1 aliphatic rings. The summed E-state index contributed by atoms with van der Waals surface area (Å²) in [6.45, 7) is 1.78. The normalized spacial score (nSPS) is 13.5. The van der Waals surface area contributed by atoms with Crippen LogP contribution in [0.2, 0.25) is 5.02 Å². The molecule has 0 fully saturated rings. The van der Waals surface area contributed by atoms with Gasteiger partial charge in [-0.25, -0.2) is 18.6 Å². The number of hydrogen-bond acceptors (Lipinski definition) is 8. The number of aryl methyl sites for hydroxylation is 1. The van der Waals surface area contributed by atoms with Crippen LogP contribution in [0.5, 0.6) is 0 Å². The number of anilines is 4. The van der Waals surface area contributed by atoms with Gasteiger partial charge in [0.05, 0.1) is 29.8 Å². The van der Waals surface area contributed by atoms with E-state index < -0.39 is 24.0 Å². The Kier molecular flexibility index (Phi) is 6.32. The largest absolute Gasteiger partial charge is 0.460 e. The van der Waals surface area contributed by atoms with E-state index in [1.807, 2.05) is 0 Å². The molecule has 13 heteroatoms. The van der Waals surface area contributed by atoms with Crippen LogP contribution in [-0.2, 0) is 11.8 Å². The van der Waals surface area contributed by atoms with Crippen LogP contribution in [-0.4, -0.2) is 52.0 Å². The van der Waals surface area contributed by atoms with E-state index in [0.717, 1.165) is 11.8 Å². The molecule has 0 radical (unpaired) electrons. The van der Waals surface area contributed by atoms with Crippen LogP contribution in [0.1, 0.15) is 24.2 Å². The second kappa shape index (κ2) is 9.10. The predicted octanol–water partition coefficient (Wildman–Crippen LogP) is 3.77. The number of alkyl halides is 2. The van der Waals surface area contributed by atoms with Crippen LogP contribution in [0, 0.1) is 5.41 Å². The first-order valence-electron chi connectivity index (χ1n) is 10.5. The monoisotopic (exact) mass is 505 g/mol. The van der Waals surface area contributed by atoms with E-state index in [2.05, 4.69) is 20.6 Å². The number of nitrogens with zero attached hydrogens (tertiary/aromatic N) is 4. The van der Waals surface area contributed by atoms with Crippen molar-refractivity contribution in [1.29, 1.82) is 5.41 Å². The van der Waals surface area contributed by atoms with Gasteiger partial charge in [-0.3, -0.25) is 15.1 Å². The highest BCUT2D eigenvalue weighted by atomic mass is 35.5. The molecule has 0 saturated carbocycles. The van der Waals surface area contributed by atoms with Gasteiger partial charge in [0.2, 0.25) is 5.95 Å². The predicted molar refractivity (Wildman–Crippen MR) is 130 cm³/mol. The van der Waals surface area contributed by atoms with Gasteiger partial charge in [0.1, 0.15) is 17.2 Å². The number of rotatable bonds is 5. The number of ether oxygens (including phenoxy) is 1. The van der Waals surface area contributed by atoms with Crippen molar-refractivity contribution in [3.05, 3.63) is 45.3 Å². The van der Waals surface area contributed by atoms with E-state index in [4.69, 9.17) is 21.7 Å². The van der Waals surface area contributed by atoms with E-state index in [1.165, 1.54) is 17.7 Å². The number of amidine groups is 1. The Hall–Kier alpha value is -3.80. The topological polar surface area (TPSA) is 125 Å². The molecule has 0 saturated heterocycles. The lowest BCUT2D eigenvalue weighted by Gasteiger charge is -2.25. The standard InChI is InChI=1S/C22H22ClF2N7O3/c1-11(26)32(10-22(2,24)25)21-28-9-14(23)18(30-21)29-12-4-5-15-13(8-12)17-16(19(33)31(15)3)20(34)35-7-6-27-17/h4-5,8-9,26-27H,6-7,10H2,1-3H3,(H,28,29,30). The summed E-state index contributed by atoms with van der Waals surface area (Å²) < 4.78 is 33.8. The quantitative estimate of drug-likeness (QED) is 0.272. The molecule has 0 spiro atoms. The number of aromatic nitrogens is 3. The Morgan fingerprint density at radius 1 is 1.40 bits per heavy atom. The van der Waals surface area contributed by atoms with Gasteiger partial charge in [-0.05, 0) is 25.1 Å². The van der Waals surface area contributed by atoms with Crippen LogP contribution in [0.25, 0.3) is 10.9 Å². The molecule has 3 heterocycles. The van der Waals surface area contributed by atoms with Crippen molar-refractivity contribution in [2.75, 3.05) is 35.2 Å². The van der Waals surface area contributed by atoms with Crippen LogP contribution in [0.15, 0.2) is 29.2 Å². The first-order valence-corrected chi connectivity index (χ1v) is 10.9. The van der Waals surface area contributed by atoms with Crippen molar-refractivity contribution < 1.29 is 18.3 Å². The van der Waals surface area contributed by atoms with Crippen molar-refractivity contribution >= 4 is 57.4 Å². The minimum absolute atomic E-state index is 0.0883. The number of cyclic esters (lactones) is 1. The molecule has 0 aliphatic carbocycles. The third kappa shape index (κ3) is 4.87. The molecule has 0 unspecified atom stereocenters. The lowest BCUT2D eigenvalue weighted by molar-refractivity contribution is 0.0324. The zero-order chi connectivity index (χ0) is 25.5. The summed E-state index contributed by atoms with van der Waals surface area (Å²) in [4.78, 5) is 34.4. The first kappa shape index (κ1) is 24.3. The average molecular weight is 506 g/mol. The second-order valence-corrected chi connectivity index (χ2v) is 8.55. The number of hydrogen-bond donors (Lipinski definition) is 3. The Morgan fingerprint density at radius 3 is 2.83 bits per heavy atom. The molecule has 35 heavy (non-hydrogen) atoms. The van der Waals surface area contributed by atoms with Gasteiger partial charge in [0.15, 0.2) is 5.82 Å². The lowest BCUT2D eigenvalue weighted by atomic mass is 10.1. The van der Waals surface area contributed by atoms with Crippen molar-refractivity contribution in [1.82, 2.24) is 14.5 Å². The maximum atomic E-state index is 13.7. The SMILES string of the molecule is CC(=N)N(CC(C)(F)F)c1ncc(Cl)c(Nc2ccc3c(c2)c2c(c(=O)n3C)C(=O)OCCN2)n1. The number of esters is 1. The van der Waals surface area contributed by atoms with E-state index in [9.17, 15) is 18.4 Å². The van der Waals surface area contributed by atoms with E-state index in [-0.39, 0.29) is 34.8 Å². The maximum absolute atomic E-state index is 13.7. The molecule has 10 nitrogen and oxygen atoms in total. The van der Waals surface area contributed by atoms with Crippen LogP contribution in [0.3, 0.4) is 0 Å². The number of halogens is 3. The zero-order valence-corrected chi connectivity index (χ0v) is 19.8. The molecule has 3 aromatic rings. The number of benzene rings is 1. The Morgan fingerprint density at radius 2 is 2.14 bits per heavy atom. The van der Waals surface area contributed by atoms with Gasteiger partial charge in [0, 0.05) is 31.6 Å². The van der Waals surface area contributed by atoms with Gasteiger partial charge in [0.25, 0.3) is 11.5 Å². The second-order valence-electron chi connectivity index (χ2n) is 8.14. The highest BCUT2D eigenvalue weighted by molar-refractivity contribution is 6.33. The van der Waals surface area contributed by atoms with Crippen LogP contribution >= 0.6 is 11.6 Å². The van der Waals surface area contributed by atoms with Gasteiger partial charge >= 0.3 is 5.97 Å². The van der Waals surface area contributed by atoms with Crippen molar-refractivity contribution in [2.45, 2.75) is 19.8 Å². The molecule has 0 bridgehead atoms. The minimum Gasteiger partial charge on any atom is -0.460 e. The highest BCUT2D eigenvalue weighted by Crippen LogP contribution is 2.32. The summed E-state index contributed by atoms with van der Waals surface area (Å²) in [5, 5.41) is 14.7. The third-order valence-corrected chi connectivity index (χ3v) is 5.59. The van der Waals surface area contributed by atoms with Crippen molar-refractivity contribution in [3.8, 4) is 0 Å². The molecule has 1 aromatic carbocycles. The van der Waals surface area contributed by atoms with E-state index >= 15 is 0 Å². The molecular formula is C22H22ClF2N7O3. The summed E-state index contributed by atoms with van der Waals surface area (Å²) in [5.41, 5.74) is 0.870. The fourth-order valence-electron chi connectivity index (χ4n) is 3.72. The fourth-order valence-corrected chi connectivity index (χ4v) is 3.86. The number of nitrogens with one attached hydrogen (secondary N) is 3. The first-order chi connectivity index (χ1) is 16.5. The van der Waals surface area contributed by atoms with E-state index in [0.29, 0.717) is 28.8 Å². The Balaban J connectivity index is 1.78. The molecule has 3 N–H and O–H groups in total. The molecule has 2 aromatic heterocycles. The molecule has 4 rings (SSSR count). The molecular weight excluding hydrogens is 484 g/mol. The van der Waals surface area contributed by atoms with Gasteiger partial charge < -0.3 is 19.9 Å². The smallest absolute Gasteiger partial charge is 0.346 e. The molecule has 0 atom stereocenters. The maximum Gasteiger partial charge on any atom is 0.346 e. The minimum atomic E-state index is -3.08. The van der Waals surface area contributed by atoms with E-state index in [1.54, 1.807) is 25.2 Å². The van der Waals surface area contributed by atoms with Gasteiger partial charge in [-0.2, -0.15) is 4.98 Å².